The number of aromatic nitrogens is 1. The van der Waals surface area contributed by atoms with E-state index in [1.54, 1.807) is 11.3 Å². The first kappa shape index (κ1) is 13.0. The van der Waals surface area contributed by atoms with Crippen molar-refractivity contribution in [2.24, 2.45) is 5.41 Å². The number of nitrogens with one attached hydrogen (secondary N) is 2. The molecule has 1 aromatic heterocycles. The van der Waals surface area contributed by atoms with E-state index in [0.29, 0.717) is 5.41 Å². The van der Waals surface area contributed by atoms with Gasteiger partial charge in [0.15, 0.2) is 0 Å². The van der Waals surface area contributed by atoms with Crippen LogP contribution in [0.1, 0.15) is 37.4 Å². The number of rotatable bonds is 5. The molecule has 0 bridgehead atoms. The van der Waals surface area contributed by atoms with Gasteiger partial charge >= 0.3 is 0 Å². The maximum atomic E-state index is 4.57. The molecule has 0 aliphatic carbocycles. The second-order valence-electron chi connectivity index (χ2n) is 5.28. The van der Waals surface area contributed by atoms with Gasteiger partial charge in [0.2, 0.25) is 0 Å². The van der Waals surface area contributed by atoms with Crippen molar-refractivity contribution in [1.82, 2.24) is 15.6 Å². The molecule has 17 heavy (non-hydrogen) atoms. The number of hydrogen-bond acceptors (Lipinski definition) is 4. The van der Waals surface area contributed by atoms with Gasteiger partial charge in [0, 0.05) is 25.0 Å². The topological polar surface area (TPSA) is 37.0 Å². The van der Waals surface area contributed by atoms with Crippen molar-refractivity contribution in [3.63, 3.8) is 0 Å². The maximum absolute atomic E-state index is 4.57. The average Bonchev–Trinajstić information content (AvgIpc) is 2.78. The van der Waals surface area contributed by atoms with Gasteiger partial charge < -0.3 is 10.6 Å². The lowest BCUT2D eigenvalue weighted by molar-refractivity contribution is 0.226. The van der Waals surface area contributed by atoms with Crippen LogP contribution in [0.4, 0.5) is 0 Å². The SMILES string of the molecule is CCc1nc(CNCC2(C)CCCNC2)cs1. The van der Waals surface area contributed by atoms with Gasteiger partial charge in [-0.25, -0.2) is 4.98 Å². The molecular weight excluding hydrogens is 230 g/mol. The Morgan fingerprint density at radius 1 is 1.59 bits per heavy atom. The zero-order valence-corrected chi connectivity index (χ0v) is 11.7. The third-order valence-corrected chi connectivity index (χ3v) is 4.49. The second-order valence-corrected chi connectivity index (χ2v) is 6.22. The van der Waals surface area contributed by atoms with Crippen molar-refractivity contribution < 1.29 is 0 Å². The molecule has 1 aliphatic rings. The van der Waals surface area contributed by atoms with Gasteiger partial charge in [-0.05, 0) is 31.2 Å². The van der Waals surface area contributed by atoms with Gasteiger partial charge in [0.1, 0.15) is 0 Å². The largest absolute Gasteiger partial charge is 0.316 e. The highest BCUT2D eigenvalue weighted by molar-refractivity contribution is 7.09. The van der Waals surface area contributed by atoms with Crippen LogP contribution >= 0.6 is 11.3 Å². The Bertz CT molecular complexity index is 342. The molecule has 2 N–H and O–H groups in total. The molecule has 3 nitrogen and oxygen atoms in total. The molecule has 1 aliphatic heterocycles. The van der Waals surface area contributed by atoms with Crippen molar-refractivity contribution in [2.45, 2.75) is 39.7 Å². The summed E-state index contributed by atoms with van der Waals surface area (Å²) in [5.74, 6) is 0. The molecule has 0 spiro atoms. The van der Waals surface area contributed by atoms with Crippen LogP contribution in [0.25, 0.3) is 0 Å². The van der Waals surface area contributed by atoms with Crippen molar-refractivity contribution in [1.29, 1.82) is 0 Å². The lowest BCUT2D eigenvalue weighted by Crippen LogP contribution is -2.44. The molecule has 0 radical (unpaired) electrons. The second kappa shape index (κ2) is 5.94. The van der Waals surface area contributed by atoms with E-state index >= 15 is 0 Å². The fourth-order valence-corrected chi connectivity index (χ4v) is 3.10. The summed E-state index contributed by atoms with van der Waals surface area (Å²) < 4.78 is 0. The van der Waals surface area contributed by atoms with Gasteiger partial charge in [-0.2, -0.15) is 0 Å². The van der Waals surface area contributed by atoms with E-state index in [1.165, 1.54) is 30.1 Å². The van der Waals surface area contributed by atoms with Crippen LogP contribution < -0.4 is 10.6 Å². The summed E-state index contributed by atoms with van der Waals surface area (Å²) in [6, 6.07) is 0. The summed E-state index contributed by atoms with van der Waals surface area (Å²) in [5.41, 5.74) is 1.61. The van der Waals surface area contributed by atoms with Crippen LogP contribution in [-0.2, 0) is 13.0 Å². The van der Waals surface area contributed by atoms with Crippen molar-refractivity contribution in [2.75, 3.05) is 19.6 Å². The van der Waals surface area contributed by atoms with Crippen LogP contribution in [0.5, 0.6) is 0 Å². The van der Waals surface area contributed by atoms with E-state index in [-0.39, 0.29) is 0 Å². The molecule has 1 atom stereocenters. The molecule has 0 aromatic carbocycles. The summed E-state index contributed by atoms with van der Waals surface area (Å²) in [6.45, 7) is 8.83. The molecule has 2 rings (SSSR count). The molecule has 1 unspecified atom stereocenters. The lowest BCUT2D eigenvalue weighted by atomic mass is 9.83. The van der Waals surface area contributed by atoms with E-state index in [0.717, 1.165) is 26.1 Å². The fraction of sp³-hybridized carbons (Fsp3) is 0.769. The lowest BCUT2D eigenvalue weighted by Gasteiger charge is -2.34. The first-order valence-corrected chi connectivity index (χ1v) is 7.44. The van der Waals surface area contributed by atoms with E-state index in [1.807, 2.05) is 0 Å². The number of hydrogen-bond donors (Lipinski definition) is 2. The highest BCUT2D eigenvalue weighted by atomic mass is 32.1. The molecule has 96 valence electrons. The molecule has 1 aromatic rings. The quantitative estimate of drug-likeness (QED) is 0.844. The Morgan fingerprint density at radius 2 is 2.47 bits per heavy atom. The summed E-state index contributed by atoms with van der Waals surface area (Å²) in [5, 5.41) is 10.5. The molecule has 4 heteroatoms. The zero-order chi connectivity index (χ0) is 12.1. The predicted molar refractivity (Wildman–Crippen MR) is 73.4 cm³/mol. The number of nitrogens with zero attached hydrogens (tertiary/aromatic N) is 1. The monoisotopic (exact) mass is 253 g/mol. The first-order valence-electron chi connectivity index (χ1n) is 6.56. The van der Waals surface area contributed by atoms with E-state index in [4.69, 9.17) is 0 Å². The Labute approximate surface area is 108 Å². The maximum Gasteiger partial charge on any atom is 0.0926 e. The number of thiazole rings is 1. The highest BCUT2D eigenvalue weighted by Gasteiger charge is 2.25. The third-order valence-electron chi connectivity index (χ3n) is 3.45. The van der Waals surface area contributed by atoms with Gasteiger partial charge in [-0.3, -0.25) is 0 Å². The Morgan fingerprint density at radius 3 is 3.12 bits per heavy atom. The van der Waals surface area contributed by atoms with Gasteiger partial charge in [-0.1, -0.05) is 13.8 Å². The Hall–Kier alpha value is -0.450. The van der Waals surface area contributed by atoms with Crippen molar-refractivity contribution in [3.05, 3.63) is 16.1 Å². The molecule has 1 saturated heterocycles. The molecule has 2 heterocycles. The van der Waals surface area contributed by atoms with Crippen molar-refractivity contribution >= 4 is 11.3 Å². The minimum Gasteiger partial charge on any atom is -0.316 e. The number of piperidine rings is 1. The normalized spacial score (nSPS) is 25.1. The van der Waals surface area contributed by atoms with E-state index < -0.39 is 0 Å². The van der Waals surface area contributed by atoms with E-state index in [2.05, 4.69) is 34.8 Å². The fourth-order valence-electron chi connectivity index (χ4n) is 2.35. The van der Waals surface area contributed by atoms with Gasteiger partial charge in [-0.15, -0.1) is 11.3 Å². The first-order chi connectivity index (χ1) is 8.22. The van der Waals surface area contributed by atoms with Crippen LogP contribution in [0.15, 0.2) is 5.38 Å². The van der Waals surface area contributed by atoms with E-state index in [9.17, 15) is 0 Å². The minimum atomic E-state index is 0.419. The van der Waals surface area contributed by atoms with Crippen molar-refractivity contribution in [3.8, 4) is 0 Å². The van der Waals surface area contributed by atoms with Crippen LogP contribution in [-0.4, -0.2) is 24.6 Å². The molecule has 1 fully saturated rings. The molecular formula is C13H23N3S. The van der Waals surface area contributed by atoms with Gasteiger partial charge in [0.05, 0.1) is 10.7 Å². The van der Waals surface area contributed by atoms with Crippen LogP contribution in [0, 0.1) is 5.41 Å². The van der Waals surface area contributed by atoms with Crippen LogP contribution in [0.2, 0.25) is 0 Å². The summed E-state index contributed by atoms with van der Waals surface area (Å²) >= 11 is 1.77. The number of aryl methyl sites for hydroxylation is 1. The Balaban J connectivity index is 1.74. The average molecular weight is 253 g/mol. The van der Waals surface area contributed by atoms with Crippen LogP contribution in [0.3, 0.4) is 0 Å². The molecule has 0 amide bonds. The summed E-state index contributed by atoms with van der Waals surface area (Å²) in [6.07, 6.45) is 3.67. The molecule has 0 saturated carbocycles. The standard InChI is InChI=1S/C13H23N3S/c1-3-12-16-11(8-17-12)7-15-10-13(2)5-4-6-14-9-13/h8,14-15H,3-7,9-10H2,1-2H3. The summed E-state index contributed by atoms with van der Waals surface area (Å²) in [4.78, 5) is 4.57. The minimum absolute atomic E-state index is 0.419. The predicted octanol–water partition coefficient (Wildman–Crippen LogP) is 2.18. The smallest absolute Gasteiger partial charge is 0.0926 e. The highest BCUT2D eigenvalue weighted by Crippen LogP contribution is 2.24. The summed E-state index contributed by atoms with van der Waals surface area (Å²) in [7, 11) is 0. The van der Waals surface area contributed by atoms with Gasteiger partial charge in [0.25, 0.3) is 0 Å². The third kappa shape index (κ3) is 3.76. The zero-order valence-electron chi connectivity index (χ0n) is 10.9. The Kier molecular flexibility index (Phi) is 4.54.